The van der Waals surface area contributed by atoms with Crippen molar-refractivity contribution in [2.75, 3.05) is 161 Å². The maximum atomic E-state index is 15.5. The van der Waals surface area contributed by atoms with E-state index < -0.39 is 179 Å². The van der Waals surface area contributed by atoms with E-state index in [1.165, 1.54) is 246 Å². The fourth-order valence-electron chi connectivity index (χ4n) is 16.2. The first-order valence-corrected chi connectivity index (χ1v) is 44.2. The van der Waals surface area contributed by atoms with Crippen molar-refractivity contribution in [2.24, 2.45) is 0 Å². The Morgan fingerprint density at radius 2 is 0.906 bits per heavy atom. The summed E-state index contributed by atoms with van der Waals surface area (Å²) < 4.78 is 155. The van der Waals surface area contributed by atoms with E-state index in [-0.39, 0.29) is 32.1 Å². The molecule has 3 fully saturated rings. The van der Waals surface area contributed by atoms with Gasteiger partial charge in [-0.3, -0.25) is 28.0 Å². The molecule has 0 radical (unpaired) electrons. The molecule has 2 saturated heterocycles. The van der Waals surface area contributed by atoms with Crippen LogP contribution in [0.2, 0.25) is 0 Å². The average Bonchev–Trinajstić information content (AvgIpc) is 0.742. The number of phosphoric acid groups is 1. The van der Waals surface area contributed by atoms with Gasteiger partial charge in [-0.05, 0) is 19.3 Å². The highest BCUT2D eigenvalue weighted by Crippen LogP contribution is 2.53. The summed E-state index contributed by atoms with van der Waals surface area (Å²) in [6.45, 7) is 2.64. The Hall–Kier alpha value is -3.52. The first-order valence-electron chi connectivity index (χ1n) is 42.7. The second-order valence-electron chi connectivity index (χ2n) is 30.7. The molecule has 0 aromatic rings. The third kappa shape index (κ3) is 34.9. The van der Waals surface area contributed by atoms with Crippen LogP contribution in [0.4, 0.5) is 0 Å². The quantitative estimate of drug-likeness (QED) is 0.0247. The van der Waals surface area contributed by atoms with E-state index in [4.69, 9.17) is 108 Å². The van der Waals surface area contributed by atoms with Crippen molar-refractivity contribution < 1.29 is 137 Å². The van der Waals surface area contributed by atoms with Crippen molar-refractivity contribution in [3.05, 3.63) is 12.2 Å². The fraction of sp³-hybridized carbons (Fsp3) is 0.917. The van der Waals surface area contributed by atoms with Gasteiger partial charge in [-0.1, -0.05) is 193 Å². The zero-order valence-electron chi connectivity index (χ0n) is 74.9. The fourth-order valence-corrected chi connectivity index (χ4v) is 17.4. The smallest absolute Gasteiger partial charge is 0.465 e. The first-order chi connectivity index (χ1) is 56.6. The van der Waals surface area contributed by atoms with Crippen LogP contribution in [0.3, 0.4) is 0 Å². The van der Waals surface area contributed by atoms with Crippen LogP contribution in [-0.2, 0) is 137 Å². The number of carbonyl (C=O) groups is 5. The average molecular weight is 1700 g/mol. The molecule has 686 valence electrons. The van der Waals surface area contributed by atoms with Gasteiger partial charge in [0.15, 0.2) is 0 Å². The molecule has 33 heteroatoms. The lowest BCUT2D eigenvalue weighted by atomic mass is 9.83. The number of unbranched alkanes of at least 4 members (excludes halogenated alkanes) is 27. The van der Waals surface area contributed by atoms with Gasteiger partial charge >= 0.3 is 19.8 Å². The third-order valence-electron chi connectivity index (χ3n) is 22.8. The molecule has 0 aromatic heterocycles. The predicted molar refractivity (Wildman–Crippen MR) is 439 cm³/mol. The van der Waals surface area contributed by atoms with Crippen molar-refractivity contribution in [3.63, 3.8) is 0 Å². The lowest BCUT2D eigenvalue weighted by molar-refractivity contribution is -0.357. The Bertz CT molecular complexity index is 2720. The van der Waals surface area contributed by atoms with Crippen molar-refractivity contribution in [2.45, 2.75) is 341 Å². The summed E-state index contributed by atoms with van der Waals surface area (Å²) in [6.07, 6.45) is 19.6. The number of rotatable bonds is 69. The minimum atomic E-state index is -4.81. The van der Waals surface area contributed by atoms with Gasteiger partial charge in [0.2, 0.25) is 17.7 Å². The number of esters is 2. The van der Waals surface area contributed by atoms with Crippen molar-refractivity contribution in [1.82, 2.24) is 15.5 Å². The van der Waals surface area contributed by atoms with E-state index in [9.17, 15) is 19.2 Å². The summed E-state index contributed by atoms with van der Waals surface area (Å²) in [5, 5.41) is 6.05. The molecule has 117 heavy (non-hydrogen) atoms. The molecule has 0 spiro atoms. The Morgan fingerprint density at radius 3 is 1.34 bits per heavy atom. The van der Waals surface area contributed by atoms with Crippen LogP contribution < -0.4 is 10.6 Å². The minimum absolute atomic E-state index is 0.0312. The number of hydrogen-bond acceptors (Lipinski definition) is 29. The molecule has 1 unspecified atom stereocenters. The van der Waals surface area contributed by atoms with Gasteiger partial charge in [0, 0.05) is 133 Å². The second kappa shape index (κ2) is 61.7. The van der Waals surface area contributed by atoms with E-state index in [0.29, 0.717) is 6.42 Å². The molecule has 1 aliphatic carbocycles. The number of hydrogen-bond donors (Lipinski definition) is 2. The van der Waals surface area contributed by atoms with Gasteiger partial charge < -0.3 is 110 Å². The SMILES string of the molecule is CCCCCCCCCCC/C=C/[C@@H](OC)[C@H](COP(=O)(OC)O[C@H]1[C@H](OC)[C@@H](OC)[C@H](OC)[C@@H](O[C@]2(C(=O)OC)C[C@H](OC)[C@@H](NC(=O)CO[C@]3(C(=O)OC)C[C@H](OC)[C@@H](N(C)C(=O)COC)[C@H]([C@H](OC)[C@@H](COC)OC)O3)[C@H]([C@H](OC)[C@@H](COC)OC)O2)[C@H]1OC)NC(=O)CCCCCCCCCCCCCCCCCCCCC. The molecule has 1 saturated carbocycles. The molecule has 2 heterocycles. The van der Waals surface area contributed by atoms with Crippen LogP contribution >= 0.6 is 7.82 Å². The summed E-state index contributed by atoms with van der Waals surface area (Å²) >= 11 is 0. The van der Waals surface area contributed by atoms with Gasteiger partial charge in [0.05, 0.1) is 70.5 Å². The van der Waals surface area contributed by atoms with Gasteiger partial charge in [0.25, 0.3) is 11.6 Å². The second-order valence-corrected chi connectivity index (χ2v) is 32.4. The van der Waals surface area contributed by atoms with E-state index in [2.05, 4.69) is 24.5 Å². The molecule has 3 amide bonds. The Balaban J connectivity index is 2.05. The molecular weight excluding hydrogens is 1550 g/mol. The number of nitrogens with zero attached hydrogens (tertiary/aromatic N) is 1. The van der Waals surface area contributed by atoms with Crippen LogP contribution in [0.25, 0.3) is 0 Å². The zero-order chi connectivity index (χ0) is 86.6. The summed E-state index contributed by atoms with van der Waals surface area (Å²) in [5.74, 6) is -8.82. The highest BCUT2D eigenvalue weighted by atomic mass is 31.2. The van der Waals surface area contributed by atoms with E-state index in [1.54, 1.807) is 0 Å². The molecular formula is C84H156N3O29P. The zero-order valence-corrected chi connectivity index (χ0v) is 75.8. The molecule has 2 aliphatic heterocycles. The van der Waals surface area contributed by atoms with Crippen molar-refractivity contribution >= 4 is 37.5 Å². The molecule has 0 bridgehead atoms. The van der Waals surface area contributed by atoms with Crippen molar-refractivity contribution in [1.29, 1.82) is 0 Å². The van der Waals surface area contributed by atoms with Crippen LogP contribution in [0, 0.1) is 0 Å². The normalized spacial score (nSPS) is 26.4. The number of amides is 3. The van der Waals surface area contributed by atoms with Crippen molar-refractivity contribution in [3.8, 4) is 0 Å². The number of nitrogens with one attached hydrogen (secondary N) is 2. The van der Waals surface area contributed by atoms with Crippen LogP contribution in [0.5, 0.6) is 0 Å². The highest BCUT2D eigenvalue weighted by molar-refractivity contribution is 7.48. The number of ether oxygens (including phenoxy) is 20. The Labute approximate surface area is 700 Å². The molecule has 2 N–H and O–H groups in total. The van der Waals surface area contributed by atoms with Crippen LogP contribution in [0.15, 0.2) is 12.2 Å². The highest BCUT2D eigenvalue weighted by Gasteiger charge is 2.64. The lowest BCUT2D eigenvalue weighted by Crippen LogP contribution is -2.72. The summed E-state index contributed by atoms with van der Waals surface area (Å²) in [7, 11) is 19.5. The third-order valence-corrected chi connectivity index (χ3v) is 24.2. The van der Waals surface area contributed by atoms with Gasteiger partial charge in [-0.2, -0.15) is 0 Å². The number of methoxy groups -OCH3 is 16. The maximum absolute atomic E-state index is 15.5. The van der Waals surface area contributed by atoms with Crippen LogP contribution in [0.1, 0.15) is 219 Å². The molecule has 32 nitrogen and oxygen atoms in total. The number of carbonyl (C=O) groups excluding carboxylic acids is 5. The summed E-state index contributed by atoms with van der Waals surface area (Å²) in [4.78, 5) is 73.5. The topological polar surface area (TPSA) is 342 Å². The summed E-state index contributed by atoms with van der Waals surface area (Å²) in [6, 6.07) is -3.23. The minimum Gasteiger partial charge on any atom is -0.465 e. The Kier molecular flexibility index (Phi) is 56.8. The van der Waals surface area contributed by atoms with Gasteiger partial charge in [0.1, 0.15) is 86.5 Å². The predicted octanol–water partition coefficient (Wildman–Crippen LogP) is 11.1. The molecule has 21 atom stereocenters. The Morgan fingerprint density at radius 1 is 0.470 bits per heavy atom. The number of likely N-dealkylation sites (N-methyl/N-ethyl adjacent to an activating group) is 1. The number of allylic oxidation sites excluding steroid dienone is 1. The first kappa shape index (κ1) is 108. The molecule has 0 aromatic carbocycles. The van der Waals surface area contributed by atoms with Crippen LogP contribution in [-0.4, -0.2) is 317 Å². The monoisotopic (exact) mass is 1700 g/mol. The van der Waals surface area contributed by atoms with E-state index in [1.807, 2.05) is 12.2 Å². The number of phosphoric ester groups is 1. The maximum Gasteiger partial charge on any atom is 0.475 e. The standard InChI is InChI=1S/C84H156N3O29P/c1-21-23-25-27-29-31-33-34-35-36-37-38-39-40-42-44-46-48-50-52-66(88)85-60(61(97-7)51-49-47-45-43-41-32-30-28-26-24-22-2)55-112-117(93,110-20)116-80-77(106-16)75(104-14)76(105-15)79(78(80)107-17)115-84(82(92)109-19)53-62(98-8)69(73(113-84)71(102-12)64(100-10)56-94-4)86-67(89)58-111-83(81(91)108-18)54-63(99-9)70(87(3)68(90)59-96-6)74(114-83)72(103-13)65(101-11)57-95-5/h49,51,60-65,69-80H,21-48,50,52-59H2,1-20H3,(H,85,88)(H,86,89)/b51-49+/t60-,61+,62-,63-,64+,65+,69+,70+,71+,72+,73+,74+,75-,76-,77+,78+,79+,80-,83+,84-,117?/m0/s1. The summed E-state index contributed by atoms with van der Waals surface area (Å²) in [5.41, 5.74) is 0. The molecule has 3 aliphatic rings. The lowest BCUT2D eigenvalue weighted by Gasteiger charge is -2.53. The van der Waals surface area contributed by atoms with Gasteiger partial charge in [-0.25, -0.2) is 14.2 Å². The largest absolute Gasteiger partial charge is 0.475 e. The molecule has 3 rings (SSSR count). The van der Waals surface area contributed by atoms with E-state index >= 15 is 9.36 Å². The van der Waals surface area contributed by atoms with Gasteiger partial charge in [-0.15, -0.1) is 0 Å². The van der Waals surface area contributed by atoms with E-state index in [0.717, 1.165) is 66.3 Å².